The zero-order valence-electron chi connectivity index (χ0n) is 17.3. The highest BCUT2D eigenvalue weighted by molar-refractivity contribution is 5.94. The Morgan fingerprint density at radius 1 is 0.833 bits per heavy atom. The second kappa shape index (κ2) is 9.70. The van der Waals surface area contributed by atoms with Crippen LogP contribution in [0, 0.1) is 0 Å². The van der Waals surface area contributed by atoms with Crippen molar-refractivity contribution in [1.82, 2.24) is 10.2 Å². The van der Waals surface area contributed by atoms with E-state index < -0.39 is 0 Å². The number of rotatable bonds is 6. The summed E-state index contributed by atoms with van der Waals surface area (Å²) in [6.45, 7) is 5.27. The summed E-state index contributed by atoms with van der Waals surface area (Å²) in [4.78, 5) is 15.4. The van der Waals surface area contributed by atoms with Gasteiger partial charge in [-0.15, -0.1) is 0 Å². The van der Waals surface area contributed by atoms with E-state index in [2.05, 4.69) is 53.5 Å². The second-order valence-corrected chi connectivity index (χ2v) is 7.71. The number of hydrogen-bond donors (Lipinski definition) is 1. The van der Waals surface area contributed by atoms with Crippen LogP contribution in [-0.2, 0) is 4.74 Å². The number of amides is 1. The van der Waals surface area contributed by atoms with Crippen LogP contribution in [0.1, 0.15) is 28.9 Å². The van der Waals surface area contributed by atoms with Crippen LogP contribution in [-0.4, -0.2) is 43.2 Å². The van der Waals surface area contributed by atoms with Crippen LogP contribution < -0.4 is 5.32 Å². The topological polar surface area (TPSA) is 41.6 Å². The molecule has 3 aromatic carbocycles. The lowest BCUT2D eigenvalue weighted by atomic mass is 9.97. The molecule has 0 aromatic heterocycles. The Bertz CT molecular complexity index is 936. The van der Waals surface area contributed by atoms with Crippen molar-refractivity contribution < 1.29 is 9.53 Å². The van der Waals surface area contributed by atoms with Crippen LogP contribution >= 0.6 is 0 Å². The summed E-state index contributed by atoms with van der Waals surface area (Å²) in [7, 11) is 0. The maximum atomic E-state index is 13.0. The predicted molar refractivity (Wildman–Crippen MR) is 120 cm³/mol. The first-order valence-corrected chi connectivity index (χ1v) is 10.6. The third-order valence-electron chi connectivity index (χ3n) is 5.67. The van der Waals surface area contributed by atoms with Crippen molar-refractivity contribution >= 4 is 5.91 Å². The van der Waals surface area contributed by atoms with Crippen LogP contribution in [0.3, 0.4) is 0 Å². The fourth-order valence-electron chi connectivity index (χ4n) is 4.14. The van der Waals surface area contributed by atoms with Crippen molar-refractivity contribution in [3.63, 3.8) is 0 Å². The molecule has 1 saturated heterocycles. The van der Waals surface area contributed by atoms with Gasteiger partial charge in [0.15, 0.2) is 0 Å². The van der Waals surface area contributed by atoms with E-state index in [1.165, 1.54) is 5.56 Å². The molecule has 4 heteroatoms. The number of carbonyl (C=O) groups excluding carboxylic acids is 1. The molecule has 2 atom stereocenters. The molecule has 0 unspecified atom stereocenters. The Hall–Kier alpha value is -2.95. The van der Waals surface area contributed by atoms with Crippen molar-refractivity contribution in [3.8, 4) is 11.1 Å². The molecule has 154 valence electrons. The SMILES string of the molecule is C[C@H](NC(=O)c1ccc(-c2ccccc2)cc1)[C@@H](c1ccccc1)N1CCOCC1. The normalized spacial score (nSPS) is 16.6. The molecular formula is C26H28N2O2. The van der Waals surface area contributed by atoms with Crippen molar-refractivity contribution in [1.29, 1.82) is 0 Å². The first-order valence-electron chi connectivity index (χ1n) is 10.6. The van der Waals surface area contributed by atoms with Gasteiger partial charge < -0.3 is 10.1 Å². The highest BCUT2D eigenvalue weighted by atomic mass is 16.5. The fraction of sp³-hybridized carbons (Fsp3) is 0.269. The maximum absolute atomic E-state index is 13.0. The number of ether oxygens (including phenoxy) is 1. The maximum Gasteiger partial charge on any atom is 0.251 e. The lowest BCUT2D eigenvalue weighted by molar-refractivity contribution is 0.00888. The standard InChI is InChI=1S/C26H28N2O2/c1-20(25(23-10-6-3-7-11-23)28-16-18-30-19-17-28)27-26(29)24-14-12-22(13-15-24)21-8-4-2-5-9-21/h2-15,20,25H,16-19H2,1H3,(H,27,29)/t20-,25-/m0/s1. The summed E-state index contributed by atoms with van der Waals surface area (Å²) in [5.41, 5.74) is 4.15. The molecule has 1 aliphatic heterocycles. The van der Waals surface area contributed by atoms with Crippen LogP contribution in [0.2, 0.25) is 0 Å². The summed E-state index contributed by atoms with van der Waals surface area (Å²) < 4.78 is 5.53. The second-order valence-electron chi connectivity index (χ2n) is 7.71. The third-order valence-corrected chi connectivity index (χ3v) is 5.67. The van der Waals surface area contributed by atoms with Gasteiger partial charge in [-0.3, -0.25) is 9.69 Å². The lowest BCUT2D eigenvalue weighted by Gasteiger charge is -2.38. The van der Waals surface area contributed by atoms with Gasteiger partial charge in [-0.2, -0.15) is 0 Å². The van der Waals surface area contributed by atoms with E-state index in [1.807, 2.05) is 48.5 Å². The summed E-state index contributed by atoms with van der Waals surface area (Å²) in [6.07, 6.45) is 0. The fourth-order valence-corrected chi connectivity index (χ4v) is 4.14. The van der Waals surface area contributed by atoms with Crippen LogP contribution in [0.4, 0.5) is 0 Å². The first kappa shape index (κ1) is 20.3. The van der Waals surface area contributed by atoms with Crippen LogP contribution in [0.25, 0.3) is 11.1 Å². The van der Waals surface area contributed by atoms with Gasteiger partial charge in [0.05, 0.1) is 19.3 Å². The molecular weight excluding hydrogens is 372 g/mol. The smallest absolute Gasteiger partial charge is 0.251 e. The number of nitrogens with one attached hydrogen (secondary N) is 1. The lowest BCUT2D eigenvalue weighted by Crippen LogP contribution is -2.48. The van der Waals surface area contributed by atoms with E-state index in [4.69, 9.17) is 4.74 Å². The molecule has 4 nitrogen and oxygen atoms in total. The Balaban J connectivity index is 1.49. The van der Waals surface area contributed by atoms with Crippen LogP contribution in [0.15, 0.2) is 84.9 Å². The molecule has 1 N–H and O–H groups in total. The molecule has 3 aromatic rings. The summed E-state index contributed by atoms with van der Waals surface area (Å²) in [5.74, 6) is -0.0451. The Morgan fingerprint density at radius 2 is 1.40 bits per heavy atom. The van der Waals surface area contributed by atoms with Gasteiger partial charge in [-0.05, 0) is 35.7 Å². The Morgan fingerprint density at radius 3 is 2.03 bits per heavy atom. The van der Waals surface area contributed by atoms with Crippen molar-refractivity contribution in [2.45, 2.75) is 19.0 Å². The highest BCUT2D eigenvalue weighted by Gasteiger charge is 2.28. The van der Waals surface area contributed by atoms with Gasteiger partial charge in [0.2, 0.25) is 0 Å². The quantitative estimate of drug-likeness (QED) is 0.660. The highest BCUT2D eigenvalue weighted by Crippen LogP contribution is 2.26. The summed E-state index contributed by atoms with van der Waals surface area (Å²) in [6, 6.07) is 28.5. The average Bonchev–Trinajstić information content (AvgIpc) is 2.81. The van der Waals surface area contributed by atoms with Crippen molar-refractivity contribution in [2.24, 2.45) is 0 Å². The number of carbonyl (C=O) groups is 1. The molecule has 0 saturated carbocycles. The van der Waals surface area contributed by atoms with Gasteiger partial charge >= 0.3 is 0 Å². The number of morpholine rings is 1. The monoisotopic (exact) mass is 400 g/mol. The van der Waals surface area contributed by atoms with Gasteiger partial charge in [0, 0.05) is 24.7 Å². The molecule has 0 aliphatic carbocycles. The molecule has 1 aliphatic rings. The van der Waals surface area contributed by atoms with E-state index in [9.17, 15) is 4.79 Å². The molecule has 1 heterocycles. The average molecular weight is 401 g/mol. The van der Waals surface area contributed by atoms with Gasteiger partial charge in [-0.25, -0.2) is 0 Å². The van der Waals surface area contributed by atoms with Gasteiger partial charge in [0.1, 0.15) is 0 Å². The number of hydrogen-bond acceptors (Lipinski definition) is 3. The van der Waals surface area contributed by atoms with E-state index >= 15 is 0 Å². The molecule has 1 fully saturated rings. The van der Waals surface area contributed by atoms with Crippen LogP contribution in [0.5, 0.6) is 0 Å². The van der Waals surface area contributed by atoms with E-state index in [0.717, 1.165) is 37.4 Å². The minimum atomic E-state index is -0.0451. The summed E-state index contributed by atoms with van der Waals surface area (Å²) in [5, 5.41) is 3.23. The van der Waals surface area contributed by atoms with Gasteiger partial charge in [0.25, 0.3) is 5.91 Å². The zero-order valence-corrected chi connectivity index (χ0v) is 17.3. The molecule has 4 rings (SSSR count). The van der Waals surface area contributed by atoms with E-state index in [-0.39, 0.29) is 18.0 Å². The van der Waals surface area contributed by atoms with Crippen molar-refractivity contribution in [2.75, 3.05) is 26.3 Å². The molecule has 0 spiro atoms. The number of benzene rings is 3. The van der Waals surface area contributed by atoms with E-state index in [1.54, 1.807) is 0 Å². The van der Waals surface area contributed by atoms with Crippen molar-refractivity contribution in [3.05, 3.63) is 96.1 Å². The first-order chi connectivity index (χ1) is 14.7. The summed E-state index contributed by atoms with van der Waals surface area (Å²) >= 11 is 0. The minimum Gasteiger partial charge on any atom is -0.379 e. The third kappa shape index (κ3) is 4.78. The minimum absolute atomic E-state index is 0.0354. The zero-order chi connectivity index (χ0) is 20.8. The predicted octanol–water partition coefficient (Wildman–Crippen LogP) is 4.55. The molecule has 1 amide bonds. The molecule has 0 bridgehead atoms. The Labute approximate surface area is 178 Å². The largest absolute Gasteiger partial charge is 0.379 e. The number of nitrogens with zero attached hydrogens (tertiary/aromatic N) is 1. The Kier molecular flexibility index (Phi) is 6.57. The van der Waals surface area contributed by atoms with Gasteiger partial charge in [-0.1, -0.05) is 72.8 Å². The van der Waals surface area contributed by atoms with E-state index in [0.29, 0.717) is 5.56 Å². The molecule has 30 heavy (non-hydrogen) atoms. The molecule has 0 radical (unpaired) electrons.